The highest BCUT2D eigenvalue weighted by molar-refractivity contribution is 5.95. The summed E-state index contributed by atoms with van der Waals surface area (Å²) in [5.74, 6) is 1.84. The molecule has 1 aromatic carbocycles. The first kappa shape index (κ1) is 13.5. The van der Waals surface area contributed by atoms with E-state index < -0.39 is 0 Å². The van der Waals surface area contributed by atoms with Gasteiger partial charge in [-0.15, -0.1) is 0 Å². The summed E-state index contributed by atoms with van der Waals surface area (Å²) in [4.78, 5) is 13.5. The van der Waals surface area contributed by atoms with Crippen LogP contribution in [0.5, 0.6) is 0 Å². The molecule has 5 nitrogen and oxygen atoms in total. The molecule has 1 aliphatic rings. The zero-order valence-corrected chi connectivity index (χ0v) is 12.3. The molecule has 3 rings (SSSR count). The number of nitrogens with zero attached hydrogens (tertiary/aromatic N) is 1. The zero-order valence-electron chi connectivity index (χ0n) is 12.3. The van der Waals surface area contributed by atoms with E-state index in [1.807, 2.05) is 43.1 Å². The van der Waals surface area contributed by atoms with E-state index in [4.69, 9.17) is 10.2 Å². The third-order valence-corrected chi connectivity index (χ3v) is 3.75. The Labute approximate surface area is 123 Å². The highest BCUT2D eigenvalue weighted by Crippen LogP contribution is 2.33. The monoisotopic (exact) mass is 285 g/mol. The van der Waals surface area contributed by atoms with Gasteiger partial charge in [0.15, 0.2) is 0 Å². The fourth-order valence-corrected chi connectivity index (χ4v) is 2.66. The Hall–Kier alpha value is -2.43. The van der Waals surface area contributed by atoms with E-state index in [-0.39, 0.29) is 5.91 Å². The summed E-state index contributed by atoms with van der Waals surface area (Å²) in [6.45, 7) is 2.55. The Kier molecular flexibility index (Phi) is 3.33. The number of amides is 1. The lowest BCUT2D eigenvalue weighted by molar-refractivity contribution is -0.116. The van der Waals surface area contributed by atoms with Gasteiger partial charge in [0.25, 0.3) is 0 Å². The van der Waals surface area contributed by atoms with E-state index in [9.17, 15) is 4.79 Å². The Morgan fingerprint density at radius 1 is 1.33 bits per heavy atom. The van der Waals surface area contributed by atoms with Crippen LogP contribution >= 0.6 is 0 Å². The smallest absolute Gasteiger partial charge is 0.224 e. The summed E-state index contributed by atoms with van der Waals surface area (Å²) in [5.41, 5.74) is 9.72. The molecule has 0 bridgehead atoms. The summed E-state index contributed by atoms with van der Waals surface area (Å²) in [6, 6.07) is 7.80. The maximum absolute atomic E-state index is 11.5. The van der Waals surface area contributed by atoms with Gasteiger partial charge < -0.3 is 20.4 Å². The van der Waals surface area contributed by atoms with Crippen molar-refractivity contribution in [3.8, 4) is 0 Å². The van der Waals surface area contributed by atoms with Crippen LogP contribution in [-0.2, 0) is 17.8 Å². The number of fused-ring (bicyclic) bond motifs is 1. The molecule has 0 radical (unpaired) electrons. The molecule has 0 saturated carbocycles. The molecule has 2 heterocycles. The summed E-state index contributed by atoms with van der Waals surface area (Å²) < 4.78 is 5.59. The van der Waals surface area contributed by atoms with Crippen molar-refractivity contribution in [3.63, 3.8) is 0 Å². The van der Waals surface area contributed by atoms with Gasteiger partial charge in [-0.1, -0.05) is 0 Å². The molecule has 110 valence electrons. The van der Waals surface area contributed by atoms with Gasteiger partial charge in [-0.2, -0.15) is 0 Å². The van der Waals surface area contributed by atoms with Gasteiger partial charge in [0.05, 0.1) is 17.9 Å². The van der Waals surface area contributed by atoms with Crippen LogP contribution in [0.15, 0.2) is 28.7 Å². The van der Waals surface area contributed by atoms with Gasteiger partial charge in [-0.3, -0.25) is 4.79 Å². The van der Waals surface area contributed by atoms with Crippen molar-refractivity contribution < 1.29 is 9.21 Å². The van der Waals surface area contributed by atoms with Gasteiger partial charge in [0.1, 0.15) is 11.5 Å². The Morgan fingerprint density at radius 2 is 2.14 bits per heavy atom. The first-order valence-electron chi connectivity index (χ1n) is 7.01. The molecular weight excluding hydrogens is 266 g/mol. The van der Waals surface area contributed by atoms with Gasteiger partial charge in [-0.25, -0.2) is 0 Å². The normalized spacial score (nSPS) is 13.7. The number of hydrogen-bond acceptors (Lipinski definition) is 4. The lowest BCUT2D eigenvalue weighted by Crippen LogP contribution is -2.22. The van der Waals surface area contributed by atoms with E-state index in [0.29, 0.717) is 13.0 Å². The Morgan fingerprint density at radius 3 is 2.86 bits per heavy atom. The molecule has 5 heteroatoms. The summed E-state index contributed by atoms with van der Waals surface area (Å²) >= 11 is 0. The molecule has 2 aromatic rings. The number of nitrogens with two attached hydrogens (primary N) is 1. The number of benzene rings is 1. The Balaban J connectivity index is 1.87. The van der Waals surface area contributed by atoms with Crippen molar-refractivity contribution in [2.45, 2.75) is 26.3 Å². The highest BCUT2D eigenvalue weighted by atomic mass is 16.3. The largest absolute Gasteiger partial charge is 0.464 e. The van der Waals surface area contributed by atoms with E-state index in [2.05, 4.69) is 5.32 Å². The van der Waals surface area contributed by atoms with Crippen molar-refractivity contribution in [2.24, 2.45) is 0 Å². The van der Waals surface area contributed by atoms with E-state index in [1.54, 1.807) is 0 Å². The zero-order chi connectivity index (χ0) is 15.0. The highest BCUT2D eigenvalue weighted by Gasteiger charge is 2.18. The molecule has 1 aromatic heterocycles. The van der Waals surface area contributed by atoms with Crippen LogP contribution in [0.25, 0.3) is 0 Å². The number of anilines is 3. The van der Waals surface area contributed by atoms with E-state index in [0.717, 1.165) is 40.6 Å². The lowest BCUT2D eigenvalue weighted by atomic mass is 10.0. The van der Waals surface area contributed by atoms with Gasteiger partial charge in [0.2, 0.25) is 5.91 Å². The minimum absolute atomic E-state index is 0.0579. The second-order valence-corrected chi connectivity index (χ2v) is 5.48. The predicted molar refractivity (Wildman–Crippen MR) is 83.4 cm³/mol. The van der Waals surface area contributed by atoms with E-state index in [1.165, 1.54) is 0 Å². The van der Waals surface area contributed by atoms with Crippen LogP contribution in [0, 0.1) is 6.92 Å². The molecule has 1 aliphatic heterocycles. The first-order valence-corrected chi connectivity index (χ1v) is 7.01. The predicted octanol–water partition coefficient (Wildman–Crippen LogP) is 2.69. The molecular formula is C16H19N3O2. The fourth-order valence-electron chi connectivity index (χ4n) is 2.66. The number of carbonyl (C=O) groups excluding carboxylic acids is 1. The van der Waals surface area contributed by atoms with Crippen molar-refractivity contribution in [1.29, 1.82) is 0 Å². The number of hydrogen-bond donors (Lipinski definition) is 2. The quantitative estimate of drug-likeness (QED) is 0.851. The summed E-state index contributed by atoms with van der Waals surface area (Å²) in [5, 5.41) is 2.91. The Bertz CT molecular complexity index is 691. The molecule has 3 N–H and O–H groups in total. The van der Waals surface area contributed by atoms with Gasteiger partial charge in [-0.05, 0) is 43.2 Å². The number of carbonyl (C=O) groups is 1. The number of aryl methyl sites for hydroxylation is 2. The van der Waals surface area contributed by atoms with Crippen molar-refractivity contribution in [3.05, 3.63) is 41.3 Å². The van der Waals surface area contributed by atoms with Crippen LogP contribution in [0.2, 0.25) is 0 Å². The summed E-state index contributed by atoms with van der Waals surface area (Å²) in [6.07, 6.45) is 1.26. The van der Waals surface area contributed by atoms with Crippen LogP contribution in [0.1, 0.15) is 23.5 Å². The molecule has 0 fully saturated rings. The topological polar surface area (TPSA) is 71.5 Å². The van der Waals surface area contributed by atoms with Crippen LogP contribution in [0.3, 0.4) is 0 Å². The second kappa shape index (κ2) is 5.16. The fraction of sp³-hybridized carbons (Fsp3) is 0.312. The van der Waals surface area contributed by atoms with Crippen molar-refractivity contribution in [2.75, 3.05) is 23.0 Å². The molecule has 0 unspecified atom stereocenters. The number of rotatable bonds is 3. The maximum atomic E-state index is 11.5. The van der Waals surface area contributed by atoms with Gasteiger partial charge >= 0.3 is 0 Å². The average Bonchev–Trinajstić information content (AvgIpc) is 2.83. The minimum atomic E-state index is 0.0579. The first-order chi connectivity index (χ1) is 10.0. The molecule has 0 spiro atoms. The number of furan rings is 1. The van der Waals surface area contributed by atoms with Crippen LogP contribution in [-0.4, -0.2) is 13.0 Å². The third kappa shape index (κ3) is 2.72. The van der Waals surface area contributed by atoms with Crippen LogP contribution < -0.4 is 16.0 Å². The summed E-state index contributed by atoms with van der Waals surface area (Å²) in [7, 11) is 1.96. The number of nitrogen functional groups attached to an aromatic ring is 1. The van der Waals surface area contributed by atoms with Crippen LogP contribution in [0.4, 0.5) is 17.1 Å². The molecule has 0 atom stereocenters. The second-order valence-electron chi connectivity index (χ2n) is 5.48. The third-order valence-electron chi connectivity index (χ3n) is 3.75. The van der Waals surface area contributed by atoms with Gasteiger partial charge in [0, 0.05) is 19.2 Å². The molecule has 0 saturated heterocycles. The van der Waals surface area contributed by atoms with E-state index >= 15 is 0 Å². The molecule has 1 amide bonds. The van der Waals surface area contributed by atoms with Crippen molar-refractivity contribution >= 4 is 23.0 Å². The minimum Gasteiger partial charge on any atom is -0.464 e. The number of nitrogens with one attached hydrogen (secondary N) is 1. The lowest BCUT2D eigenvalue weighted by Gasteiger charge is -2.24. The SMILES string of the molecule is Cc1ccc(CN(C)c2cc3c(cc2N)CCC(=O)N3)o1. The van der Waals surface area contributed by atoms with Crippen molar-refractivity contribution in [1.82, 2.24) is 0 Å². The maximum Gasteiger partial charge on any atom is 0.224 e. The molecule has 21 heavy (non-hydrogen) atoms. The standard InChI is InChI=1S/C16H19N3O2/c1-10-3-5-12(21-10)9-19(2)15-8-14-11(7-13(15)17)4-6-16(20)18-14/h3,5,7-8H,4,6,9,17H2,1-2H3,(H,18,20). The molecule has 0 aliphatic carbocycles. The average molecular weight is 285 g/mol.